The van der Waals surface area contributed by atoms with Crippen LogP contribution in [-0.2, 0) is 10.0 Å². The highest BCUT2D eigenvalue weighted by atomic mass is 32.2. The van der Waals surface area contributed by atoms with Crippen molar-refractivity contribution in [2.75, 3.05) is 11.4 Å². The van der Waals surface area contributed by atoms with Crippen molar-refractivity contribution in [3.63, 3.8) is 0 Å². The summed E-state index contributed by atoms with van der Waals surface area (Å²) in [6.45, 7) is 5.26. The van der Waals surface area contributed by atoms with Crippen molar-refractivity contribution in [1.29, 1.82) is 0 Å². The number of carbonyl (C=O) groups excluding carboxylic acids is 2. The van der Waals surface area contributed by atoms with Crippen LogP contribution in [0.25, 0.3) is 0 Å². The van der Waals surface area contributed by atoms with E-state index < -0.39 is 21.8 Å². The zero-order valence-electron chi connectivity index (χ0n) is 17.6. The molecule has 0 saturated carbocycles. The molecule has 1 aromatic heterocycles. The fourth-order valence-electron chi connectivity index (χ4n) is 2.96. The minimum absolute atomic E-state index is 0.0455. The number of benzene rings is 2. The van der Waals surface area contributed by atoms with Crippen molar-refractivity contribution in [3.8, 4) is 0 Å². The van der Waals surface area contributed by atoms with Crippen LogP contribution in [0.1, 0.15) is 37.8 Å². The SMILES string of the molecule is Cc1ccc(N(C)S(=O)(=O)c2cccc(C(=O)NNC(=O)c3cc(C)oc3C)c2)cc1. The molecule has 9 heteroatoms. The molecule has 0 aliphatic rings. The van der Waals surface area contributed by atoms with Gasteiger partial charge in [0, 0.05) is 12.6 Å². The summed E-state index contributed by atoms with van der Waals surface area (Å²) in [5.41, 5.74) is 6.49. The molecule has 0 bridgehead atoms. The minimum atomic E-state index is -3.88. The molecule has 8 nitrogen and oxygen atoms in total. The molecule has 3 aromatic rings. The van der Waals surface area contributed by atoms with Gasteiger partial charge >= 0.3 is 0 Å². The predicted molar refractivity (Wildman–Crippen MR) is 116 cm³/mol. The van der Waals surface area contributed by atoms with Crippen LogP contribution in [0.5, 0.6) is 0 Å². The van der Waals surface area contributed by atoms with Crippen LogP contribution in [0.2, 0.25) is 0 Å². The van der Waals surface area contributed by atoms with E-state index in [0.29, 0.717) is 22.8 Å². The Balaban J connectivity index is 1.75. The fourth-order valence-corrected chi connectivity index (χ4v) is 4.20. The molecule has 0 spiro atoms. The van der Waals surface area contributed by atoms with E-state index in [0.717, 1.165) is 9.87 Å². The van der Waals surface area contributed by atoms with Gasteiger partial charge in [-0.15, -0.1) is 0 Å². The topological polar surface area (TPSA) is 109 Å². The lowest BCUT2D eigenvalue weighted by Gasteiger charge is -2.20. The summed E-state index contributed by atoms with van der Waals surface area (Å²) in [6, 6.07) is 14.2. The van der Waals surface area contributed by atoms with Crippen LogP contribution in [-0.4, -0.2) is 27.3 Å². The summed E-state index contributed by atoms with van der Waals surface area (Å²) in [6.07, 6.45) is 0. The number of anilines is 1. The average molecular weight is 442 g/mol. The number of hydrazine groups is 1. The van der Waals surface area contributed by atoms with E-state index in [1.165, 1.54) is 31.3 Å². The van der Waals surface area contributed by atoms with E-state index in [4.69, 9.17) is 4.42 Å². The van der Waals surface area contributed by atoms with Crippen LogP contribution in [0.3, 0.4) is 0 Å². The molecule has 0 aliphatic carbocycles. The summed E-state index contributed by atoms with van der Waals surface area (Å²) >= 11 is 0. The maximum atomic E-state index is 13.0. The van der Waals surface area contributed by atoms with Crippen LogP contribution in [0, 0.1) is 20.8 Å². The smallest absolute Gasteiger partial charge is 0.273 e. The number of nitrogens with one attached hydrogen (secondary N) is 2. The van der Waals surface area contributed by atoms with Gasteiger partial charge in [0.05, 0.1) is 16.1 Å². The van der Waals surface area contributed by atoms with Gasteiger partial charge in [-0.1, -0.05) is 23.8 Å². The van der Waals surface area contributed by atoms with Crippen molar-refractivity contribution >= 4 is 27.5 Å². The van der Waals surface area contributed by atoms with Gasteiger partial charge in [-0.05, 0) is 57.2 Å². The van der Waals surface area contributed by atoms with E-state index in [1.54, 1.807) is 32.0 Å². The third kappa shape index (κ3) is 4.77. The molecule has 0 radical (unpaired) electrons. The van der Waals surface area contributed by atoms with Crippen LogP contribution >= 0.6 is 0 Å². The molecule has 0 unspecified atom stereocenters. The zero-order valence-corrected chi connectivity index (χ0v) is 18.4. The fraction of sp³-hybridized carbons (Fsp3) is 0.182. The third-order valence-electron chi connectivity index (χ3n) is 4.73. The maximum Gasteiger partial charge on any atom is 0.273 e. The molecule has 162 valence electrons. The van der Waals surface area contributed by atoms with Gasteiger partial charge < -0.3 is 4.42 Å². The largest absolute Gasteiger partial charge is 0.466 e. The van der Waals surface area contributed by atoms with E-state index >= 15 is 0 Å². The van der Waals surface area contributed by atoms with Crippen molar-refractivity contribution in [1.82, 2.24) is 10.9 Å². The molecule has 0 fully saturated rings. The van der Waals surface area contributed by atoms with Crippen LogP contribution in [0.4, 0.5) is 5.69 Å². The molecule has 2 aromatic carbocycles. The minimum Gasteiger partial charge on any atom is -0.466 e. The predicted octanol–water partition coefficient (Wildman–Crippen LogP) is 3.10. The Morgan fingerprint density at radius 3 is 2.16 bits per heavy atom. The van der Waals surface area contributed by atoms with Crippen molar-refractivity contribution in [2.45, 2.75) is 25.7 Å². The van der Waals surface area contributed by atoms with Gasteiger partial charge in [-0.2, -0.15) is 0 Å². The number of hydrogen-bond donors (Lipinski definition) is 2. The maximum absolute atomic E-state index is 13.0. The number of rotatable bonds is 5. The van der Waals surface area contributed by atoms with E-state index in [2.05, 4.69) is 10.9 Å². The number of amides is 2. The second-order valence-corrected chi connectivity index (χ2v) is 9.04. The normalized spacial score (nSPS) is 11.1. The molecule has 2 amide bonds. The first-order valence-electron chi connectivity index (χ1n) is 9.43. The highest BCUT2D eigenvalue weighted by Gasteiger charge is 2.23. The van der Waals surface area contributed by atoms with Gasteiger partial charge in [-0.3, -0.25) is 24.7 Å². The Morgan fingerprint density at radius 1 is 0.903 bits per heavy atom. The van der Waals surface area contributed by atoms with Gasteiger partial charge in [0.2, 0.25) is 0 Å². The summed E-state index contributed by atoms with van der Waals surface area (Å²) in [7, 11) is -2.44. The first-order chi connectivity index (χ1) is 14.6. The average Bonchev–Trinajstić information content (AvgIpc) is 3.09. The highest BCUT2D eigenvalue weighted by Crippen LogP contribution is 2.23. The number of furan rings is 1. The Kier molecular flexibility index (Phi) is 6.16. The second-order valence-electron chi connectivity index (χ2n) is 7.07. The highest BCUT2D eigenvalue weighted by molar-refractivity contribution is 7.92. The molecule has 0 aliphatic heterocycles. The third-order valence-corrected chi connectivity index (χ3v) is 6.51. The van der Waals surface area contributed by atoms with Crippen molar-refractivity contribution in [3.05, 3.63) is 82.8 Å². The molecule has 2 N–H and O–H groups in total. The molecular formula is C22H23N3O5S. The van der Waals surface area contributed by atoms with Gasteiger partial charge in [0.15, 0.2) is 0 Å². The monoisotopic (exact) mass is 441 g/mol. The summed E-state index contributed by atoms with van der Waals surface area (Å²) in [5.74, 6) is -0.187. The first-order valence-corrected chi connectivity index (χ1v) is 10.9. The summed E-state index contributed by atoms with van der Waals surface area (Å²) < 4.78 is 32.4. The van der Waals surface area contributed by atoms with Gasteiger partial charge in [0.25, 0.3) is 21.8 Å². The number of aryl methyl sites for hydroxylation is 3. The summed E-state index contributed by atoms with van der Waals surface area (Å²) in [5, 5.41) is 0. The number of sulfonamides is 1. The first kappa shape index (κ1) is 22.1. The molecule has 3 rings (SSSR count). The Morgan fingerprint density at radius 2 is 1.55 bits per heavy atom. The van der Waals surface area contributed by atoms with Crippen molar-refractivity contribution in [2.24, 2.45) is 0 Å². The molecule has 0 atom stereocenters. The lowest BCUT2D eigenvalue weighted by atomic mass is 10.2. The quantitative estimate of drug-likeness (QED) is 0.592. The van der Waals surface area contributed by atoms with Crippen LogP contribution < -0.4 is 15.2 Å². The Labute approximate surface area is 180 Å². The molecule has 0 saturated heterocycles. The van der Waals surface area contributed by atoms with Gasteiger partial charge in [0.1, 0.15) is 11.5 Å². The van der Waals surface area contributed by atoms with Crippen molar-refractivity contribution < 1.29 is 22.4 Å². The molecule has 31 heavy (non-hydrogen) atoms. The lowest BCUT2D eigenvalue weighted by molar-refractivity contribution is 0.0845. The zero-order chi connectivity index (χ0) is 22.8. The molecular weight excluding hydrogens is 418 g/mol. The summed E-state index contributed by atoms with van der Waals surface area (Å²) in [4.78, 5) is 24.6. The Hall–Kier alpha value is -3.59. The van der Waals surface area contributed by atoms with Crippen LogP contribution in [0.15, 0.2) is 63.9 Å². The van der Waals surface area contributed by atoms with Gasteiger partial charge in [-0.25, -0.2) is 8.42 Å². The number of carbonyl (C=O) groups is 2. The standard InChI is InChI=1S/C22H23N3O5S/c1-14-8-10-18(11-9-14)25(4)31(28,29)19-7-5-6-17(13-19)21(26)23-24-22(27)20-12-15(2)30-16(20)3/h5-13H,1-4H3,(H,23,26)(H,24,27). The number of hydrogen-bond acceptors (Lipinski definition) is 5. The second kappa shape index (κ2) is 8.65. The van der Waals surface area contributed by atoms with E-state index in [-0.39, 0.29) is 10.5 Å². The lowest BCUT2D eigenvalue weighted by Crippen LogP contribution is -2.41. The van der Waals surface area contributed by atoms with E-state index in [1.807, 2.05) is 19.1 Å². The molecule has 1 heterocycles. The number of nitrogens with zero attached hydrogens (tertiary/aromatic N) is 1. The Bertz CT molecular complexity index is 1230. The van der Waals surface area contributed by atoms with E-state index in [9.17, 15) is 18.0 Å².